The highest BCUT2D eigenvalue weighted by Gasteiger charge is 2.40. The van der Waals surface area contributed by atoms with Gasteiger partial charge in [-0.15, -0.1) is 0 Å². The molecule has 1 fully saturated rings. The molecule has 1 aromatic heterocycles. The number of hydrogen-bond acceptors (Lipinski definition) is 6. The van der Waals surface area contributed by atoms with Crippen molar-refractivity contribution >= 4 is 33.1 Å². The lowest BCUT2D eigenvalue weighted by Crippen LogP contribution is -2.53. The van der Waals surface area contributed by atoms with Crippen LogP contribution < -0.4 is 10.5 Å². The average molecular weight is 364 g/mol. The van der Waals surface area contributed by atoms with Gasteiger partial charge in [0.2, 0.25) is 0 Å². The summed E-state index contributed by atoms with van der Waals surface area (Å²) in [5.74, 6) is 0.472. The third-order valence-electron chi connectivity index (χ3n) is 5.07. The Bertz CT molecular complexity index is 907. The zero-order valence-electron chi connectivity index (χ0n) is 14.2. The fraction of sp³-hybridized carbons (Fsp3) is 0.500. The number of H-pyrrole nitrogens is 1. The highest BCUT2D eigenvalue weighted by atomic mass is 32.2. The molecule has 1 aromatic carbocycles. The Hall–Kier alpha value is -2.29. The first kappa shape index (κ1) is 17.5. The van der Waals surface area contributed by atoms with Crippen molar-refractivity contribution in [2.24, 2.45) is 0 Å². The Morgan fingerprint density at radius 2 is 2.12 bits per heavy atom. The normalized spacial score (nSPS) is 19.9. The van der Waals surface area contributed by atoms with Crippen LogP contribution in [0.25, 0.3) is 10.9 Å². The molecule has 0 aliphatic carbocycles. The number of nitrogens with zero attached hydrogens (tertiary/aromatic N) is 3. The number of nitro groups is 1. The molecule has 8 nitrogen and oxygen atoms in total. The SMILES string of the molecule is CCC1(CC)CN(c2cc3nc[nH]c(=O)c3cc2[N+](=O)[O-])CCS1=O. The van der Waals surface area contributed by atoms with Crippen LogP contribution in [-0.2, 0) is 10.8 Å². The number of aromatic nitrogens is 2. The Labute approximate surface area is 146 Å². The lowest BCUT2D eigenvalue weighted by atomic mass is 10.0. The van der Waals surface area contributed by atoms with Gasteiger partial charge in [-0.25, -0.2) is 4.98 Å². The second kappa shape index (κ2) is 6.55. The van der Waals surface area contributed by atoms with Crippen molar-refractivity contribution < 1.29 is 9.13 Å². The van der Waals surface area contributed by atoms with Gasteiger partial charge in [0.25, 0.3) is 11.2 Å². The van der Waals surface area contributed by atoms with E-state index >= 15 is 0 Å². The highest BCUT2D eigenvalue weighted by molar-refractivity contribution is 7.86. The number of benzene rings is 1. The monoisotopic (exact) mass is 364 g/mol. The van der Waals surface area contributed by atoms with E-state index in [0.29, 0.717) is 30.0 Å². The Morgan fingerprint density at radius 1 is 1.40 bits per heavy atom. The molecule has 3 rings (SSSR count). The maximum absolute atomic E-state index is 12.5. The van der Waals surface area contributed by atoms with Crippen LogP contribution in [0.5, 0.6) is 0 Å². The van der Waals surface area contributed by atoms with Crippen molar-refractivity contribution in [3.63, 3.8) is 0 Å². The van der Waals surface area contributed by atoms with Gasteiger partial charge in [-0.3, -0.25) is 19.1 Å². The second-order valence-electron chi connectivity index (χ2n) is 6.21. The van der Waals surface area contributed by atoms with Crippen LogP contribution in [0.15, 0.2) is 23.3 Å². The molecule has 1 aliphatic rings. The third kappa shape index (κ3) is 2.92. The Morgan fingerprint density at radius 3 is 2.76 bits per heavy atom. The summed E-state index contributed by atoms with van der Waals surface area (Å²) in [5, 5.41) is 11.8. The van der Waals surface area contributed by atoms with E-state index in [4.69, 9.17) is 0 Å². The van der Waals surface area contributed by atoms with Crippen molar-refractivity contribution in [3.8, 4) is 0 Å². The number of nitrogens with one attached hydrogen (secondary N) is 1. The predicted molar refractivity (Wildman–Crippen MR) is 97.6 cm³/mol. The van der Waals surface area contributed by atoms with Gasteiger partial charge in [0.05, 0.1) is 26.9 Å². The minimum Gasteiger partial charge on any atom is -0.364 e. The van der Waals surface area contributed by atoms with Gasteiger partial charge in [0.15, 0.2) is 0 Å². The van der Waals surface area contributed by atoms with Gasteiger partial charge in [0, 0.05) is 35.7 Å². The molecule has 2 heterocycles. The van der Waals surface area contributed by atoms with E-state index in [1.54, 1.807) is 6.07 Å². The second-order valence-corrected chi connectivity index (χ2v) is 8.17. The standard InChI is InChI=1S/C16H20N4O4S/c1-3-16(4-2)9-19(5-6-25(16)24)13-8-12-11(7-14(13)20(22)23)15(21)18-10-17-12/h7-8,10H,3-6,9H2,1-2H3,(H,17,18,21). The van der Waals surface area contributed by atoms with Crippen molar-refractivity contribution in [1.82, 2.24) is 9.97 Å². The number of hydrogen-bond donors (Lipinski definition) is 1. The van der Waals surface area contributed by atoms with E-state index in [1.165, 1.54) is 12.4 Å². The molecule has 2 aromatic rings. The van der Waals surface area contributed by atoms with E-state index in [0.717, 1.165) is 12.8 Å². The number of fused-ring (bicyclic) bond motifs is 1. The summed E-state index contributed by atoms with van der Waals surface area (Å²) in [6.45, 7) is 4.97. The molecular weight excluding hydrogens is 344 g/mol. The molecule has 0 radical (unpaired) electrons. The molecule has 1 unspecified atom stereocenters. The van der Waals surface area contributed by atoms with Crippen molar-refractivity contribution in [1.29, 1.82) is 0 Å². The Balaban J connectivity index is 2.14. The molecule has 25 heavy (non-hydrogen) atoms. The largest absolute Gasteiger partial charge is 0.364 e. The molecule has 1 saturated heterocycles. The molecule has 0 amide bonds. The summed E-state index contributed by atoms with van der Waals surface area (Å²) >= 11 is 0. The Kier molecular flexibility index (Phi) is 4.59. The minimum atomic E-state index is -0.961. The summed E-state index contributed by atoms with van der Waals surface area (Å²) in [6, 6.07) is 2.87. The predicted octanol–water partition coefficient (Wildman–Crippen LogP) is 1.96. The molecule has 0 saturated carbocycles. The fourth-order valence-corrected chi connectivity index (χ4v) is 5.16. The van der Waals surface area contributed by atoms with E-state index in [9.17, 15) is 19.1 Å². The van der Waals surface area contributed by atoms with Crippen molar-refractivity contribution in [3.05, 3.63) is 38.9 Å². The maximum Gasteiger partial charge on any atom is 0.293 e. The van der Waals surface area contributed by atoms with Gasteiger partial charge in [-0.2, -0.15) is 0 Å². The van der Waals surface area contributed by atoms with Crippen LogP contribution in [0.1, 0.15) is 26.7 Å². The molecule has 9 heteroatoms. The van der Waals surface area contributed by atoms with Gasteiger partial charge in [0.1, 0.15) is 5.69 Å². The van der Waals surface area contributed by atoms with E-state index in [2.05, 4.69) is 9.97 Å². The molecule has 134 valence electrons. The van der Waals surface area contributed by atoms with Gasteiger partial charge in [-0.1, -0.05) is 13.8 Å². The van der Waals surface area contributed by atoms with Crippen LogP contribution in [0.3, 0.4) is 0 Å². The quantitative estimate of drug-likeness (QED) is 0.656. The summed E-state index contributed by atoms with van der Waals surface area (Å²) in [5.41, 5.74) is 0.309. The van der Waals surface area contributed by atoms with Gasteiger partial charge in [-0.05, 0) is 18.9 Å². The smallest absolute Gasteiger partial charge is 0.293 e. The van der Waals surface area contributed by atoms with Crippen molar-refractivity contribution in [2.75, 3.05) is 23.7 Å². The molecular formula is C16H20N4O4S. The van der Waals surface area contributed by atoms with E-state index < -0.39 is 21.3 Å². The summed E-state index contributed by atoms with van der Waals surface area (Å²) in [4.78, 5) is 31.5. The summed E-state index contributed by atoms with van der Waals surface area (Å²) < 4.78 is 12.2. The van der Waals surface area contributed by atoms with Crippen LogP contribution in [0.4, 0.5) is 11.4 Å². The molecule has 0 bridgehead atoms. The lowest BCUT2D eigenvalue weighted by Gasteiger charge is -2.42. The lowest BCUT2D eigenvalue weighted by molar-refractivity contribution is -0.384. The van der Waals surface area contributed by atoms with E-state index in [-0.39, 0.29) is 15.8 Å². The molecule has 1 N–H and O–H groups in total. The highest BCUT2D eigenvalue weighted by Crippen LogP contribution is 2.36. The van der Waals surface area contributed by atoms with E-state index in [1.807, 2.05) is 18.7 Å². The first-order valence-corrected chi connectivity index (χ1v) is 9.53. The number of nitro benzene ring substituents is 1. The van der Waals surface area contributed by atoms with Gasteiger partial charge >= 0.3 is 0 Å². The average Bonchev–Trinajstić information content (AvgIpc) is 2.61. The zero-order chi connectivity index (χ0) is 18.2. The van der Waals surface area contributed by atoms with Crippen LogP contribution in [-0.4, -0.2) is 42.7 Å². The topological polar surface area (TPSA) is 109 Å². The molecule has 1 atom stereocenters. The number of rotatable bonds is 4. The maximum atomic E-state index is 12.5. The summed E-state index contributed by atoms with van der Waals surface area (Å²) in [6.07, 6.45) is 2.77. The summed E-state index contributed by atoms with van der Waals surface area (Å²) in [7, 11) is -0.961. The third-order valence-corrected chi connectivity index (χ3v) is 7.30. The fourth-order valence-electron chi connectivity index (χ4n) is 3.40. The zero-order valence-corrected chi connectivity index (χ0v) is 15.0. The molecule has 1 aliphatic heterocycles. The van der Waals surface area contributed by atoms with Crippen molar-refractivity contribution in [2.45, 2.75) is 31.4 Å². The van der Waals surface area contributed by atoms with Crippen LogP contribution >= 0.6 is 0 Å². The first-order valence-electron chi connectivity index (χ1n) is 8.21. The number of anilines is 1. The minimum absolute atomic E-state index is 0.125. The number of aromatic amines is 1. The first-order chi connectivity index (χ1) is 11.9. The van der Waals surface area contributed by atoms with Crippen LogP contribution in [0, 0.1) is 10.1 Å². The molecule has 0 spiro atoms. The van der Waals surface area contributed by atoms with Gasteiger partial charge < -0.3 is 9.88 Å². The van der Waals surface area contributed by atoms with Crippen LogP contribution in [0.2, 0.25) is 0 Å².